The highest BCUT2D eigenvalue weighted by Crippen LogP contribution is 2.33. The normalized spacial score (nSPS) is 28.2. The van der Waals surface area contributed by atoms with Crippen LogP contribution in [0.5, 0.6) is 5.75 Å². The lowest BCUT2D eigenvalue weighted by Gasteiger charge is -2.36. The van der Waals surface area contributed by atoms with E-state index in [1.54, 1.807) is 12.1 Å². The summed E-state index contributed by atoms with van der Waals surface area (Å²) in [6, 6.07) is 7.43. The minimum atomic E-state index is -0.559. The van der Waals surface area contributed by atoms with E-state index < -0.39 is 5.60 Å². The average molecular weight is 277 g/mol. The fourth-order valence-electron chi connectivity index (χ4n) is 3.06. The van der Waals surface area contributed by atoms with Crippen LogP contribution in [0.15, 0.2) is 24.3 Å². The summed E-state index contributed by atoms with van der Waals surface area (Å²) in [4.78, 5) is 0. The molecule has 0 aliphatic heterocycles. The molecule has 1 atom stereocenters. The number of phenols is 1. The summed E-state index contributed by atoms with van der Waals surface area (Å²) in [6.45, 7) is 4.92. The average Bonchev–Trinajstić information content (AvgIpc) is 2.46. The second kappa shape index (κ2) is 6.59. The number of rotatable bonds is 5. The maximum atomic E-state index is 10.6. The Kier molecular flexibility index (Phi) is 5.06. The Hall–Kier alpha value is -1.06. The maximum absolute atomic E-state index is 10.6. The molecule has 1 fully saturated rings. The van der Waals surface area contributed by atoms with Crippen LogP contribution in [0.3, 0.4) is 0 Å². The van der Waals surface area contributed by atoms with Crippen LogP contribution in [0.1, 0.15) is 57.6 Å². The summed E-state index contributed by atoms with van der Waals surface area (Å²) in [5.74, 6) is 1.08. The van der Waals surface area contributed by atoms with Gasteiger partial charge in [0.05, 0.1) is 5.60 Å². The molecule has 0 saturated heterocycles. The minimum Gasteiger partial charge on any atom is -0.508 e. The third-order valence-corrected chi connectivity index (χ3v) is 4.72. The van der Waals surface area contributed by atoms with E-state index in [1.165, 1.54) is 6.42 Å². The summed E-state index contributed by atoms with van der Waals surface area (Å²) in [6.07, 6.45) is 5.28. The van der Waals surface area contributed by atoms with Crippen molar-refractivity contribution in [3.8, 4) is 5.75 Å². The van der Waals surface area contributed by atoms with E-state index in [2.05, 4.69) is 19.2 Å². The van der Waals surface area contributed by atoms with Gasteiger partial charge in [0, 0.05) is 12.6 Å². The molecule has 1 aromatic rings. The summed E-state index contributed by atoms with van der Waals surface area (Å²) < 4.78 is 0. The van der Waals surface area contributed by atoms with Gasteiger partial charge in [0.15, 0.2) is 0 Å². The Morgan fingerprint density at radius 1 is 1.35 bits per heavy atom. The van der Waals surface area contributed by atoms with E-state index in [0.29, 0.717) is 12.3 Å². The van der Waals surface area contributed by atoms with Gasteiger partial charge >= 0.3 is 0 Å². The number of aliphatic hydroxyl groups is 1. The fraction of sp³-hybridized carbons (Fsp3) is 0.647. The molecule has 3 nitrogen and oxygen atoms in total. The van der Waals surface area contributed by atoms with E-state index in [9.17, 15) is 10.2 Å². The molecule has 1 saturated carbocycles. The number of nitrogens with one attached hydrogen (secondary N) is 1. The molecule has 0 bridgehead atoms. The zero-order chi connectivity index (χ0) is 14.6. The molecule has 20 heavy (non-hydrogen) atoms. The van der Waals surface area contributed by atoms with Crippen LogP contribution in [-0.4, -0.2) is 22.4 Å². The van der Waals surface area contributed by atoms with Gasteiger partial charge in [-0.3, -0.25) is 0 Å². The Balaban J connectivity index is 1.85. The molecule has 0 radical (unpaired) electrons. The second-order valence-corrected chi connectivity index (χ2v) is 6.27. The largest absolute Gasteiger partial charge is 0.508 e. The van der Waals surface area contributed by atoms with Crippen molar-refractivity contribution in [1.29, 1.82) is 0 Å². The molecule has 1 unspecified atom stereocenters. The second-order valence-electron chi connectivity index (χ2n) is 6.27. The minimum absolute atomic E-state index is 0.134. The van der Waals surface area contributed by atoms with Crippen molar-refractivity contribution in [2.45, 2.75) is 57.6 Å². The highest BCUT2D eigenvalue weighted by atomic mass is 16.3. The summed E-state index contributed by atoms with van der Waals surface area (Å²) >= 11 is 0. The number of hydrogen-bond acceptors (Lipinski definition) is 3. The van der Waals surface area contributed by atoms with Gasteiger partial charge in [-0.15, -0.1) is 0 Å². The lowest BCUT2D eigenvalue weighted by atomic mass is 9.77. The summed E-state index contributed by atoms with van der Waals surface area (Å²) in [7, 11) is 0. The molecule has 3 heteroatoms. The van der Waals surface area contributed by atoms with Crippen molar-refractivity contribution >= 4 is 0 Å². The van der Waals surface area contributed by atoms with Gasteiger partial charge in [-0.1, -0.05) is 25.5 Å². The van der Waals surface area contributed by atoms with Gasteiger partial charge < -0.3 is 15.5 Å². The Morgan fingerprint density at radius 3 is 2.65 bits per heavy atom. The van der Waals surface area contributed by atoms with Gasteiger partial charge in [0.1, 0.15) is 5.75 Å². The van der Waals surface area contributed by atoms with Crippen molar-refractivity contribution in [3.63, 3.8) is 0 Å². The first-order valence-electron chi connectivity index (χ1n) is 7.77. The molecule has 0 spiro atoms. The number of aromatic hydroxyl groups is 1. The predicted octanol–water partition coefficient (Wildman–Crippen LogP) is 3.37. The SMILES string of the molecule is CCC1CCC(O)(CNC(C)c2cccc(O)c2)CC1. The molecule has 1 aromatic carbocycles. The molecule has 0 amide bonds. The van der Waals surface area contributed by atoms with Crippen LogP contribution in [0, 0.1) is 5.92 Å². The van der Waals surface area contributed by atoms with Gasteiger partial charge in [-0.25, -0.2) is 0 Å². The van der Waals surface area contributed by atoms with E-state index in [4.69, 9.17) is 0 Å². The highest BCUT2D eigenvalue weighted by Gasteiger charge is 2.32. The van der Waals surface area contributed by atoms with Gasteiger partial charge in [-0.2, -0.15) is 0 Å². The van der Waals surface area contributed by atoms with Crippen molar-refractivity contribution in [1.82, 2.24) is 5.32 Å². The fourth-order valence-corrected chi connectivity index (χ4v) is 3.06. The van der Waals surface area contributed by atoms with Crippen molar-refractivity contribution in [3.05, 3.63) is 29.8 Å². The Morgan fingerprint density at radius 2 is 2.05 bits per heavy atom. The van der Waals surface area contributed by atoms with Crippen LogP contribution < -0.4 is 5.32 Å². The third-order valence-electron chi connectivity index (χ3n) is 4.72. The van der Waals surface area contributed by atoms with E-state index in [0.717, 1.165) is 37.2 Å². The highest BCUT2D eigenvalue weighted by molar-refractivity contribution is 5.29. The first-order chi connectivity index (χ1) is 9.52. The quantitative estimate of drug-likeness (QED) is 0.773. The molecule has 0 heterocycles. The lowest BCUT2D eigenvalue weighted by molar-refractivity contribution is -0.0103. The summed E-state index contributed by atoms with van der Waals surface area (Å²) in [5.41, 5.74) is 0.493. The summed E-state index contributed by atoms with van der Waals surface area (Å²) in [5, 5.41) is 23.5. The number of benzene rings is 1. The first-order valence-corrected chi connectivity index (χ1v) is 7.77. The zero-order valence-corrected chi connectivity index (χ0v) is 12.6. The van der Waals surface area contributed by atoms with Gasteiger partial charge in [0.25, 0.3) is 0 Å². The molecule has 1 aliphatic rings. The first kappa shape index (κ1) is 15.3. The van der Waals surface area contributed by atoms with Gasteiger partial charge in [-0.05, 0) is 56.2 Å². The molecular weight excluding hydrogens is 250 g/mol. The molecule has 112 valence electrons. The number of phenolic OH excluding ortho intramolecular Hbond substituents is 1. The van der Waals surface area contributed by atoms with E-state index >= 15 is 0 Å². The third kappa shape index (κ3) is 3.97. The monoisotopic (exact) mass is 277 g/mol. The molecule has 3 N–H and O–H groups in total. The number of hydrogen-bond donors (Lipinski definition) is 3. The molecule has 1 aliphatic carbocycles. The van der Waals surface area contributed by atoms with Crippen LogP contribution in [0.2, 0.25) is 0 Å². The van der Waals surface area contributed by atoms with E-state index in [-0.39, 0.29) is 6.04 Å². The van der Waals surface area contributed by atoms with Crippen LogP contribution in [0.4, 0.5) is 0 Å². The van der Waals surface area contributed by atoms with Crippen LogP contribution in [-0.2, 0) is 0 Å². The Bertz CT molecular complexity index is 425. The van der Waals surface area contributed by atoms with Crippen molar-refractivity contribution < 1.29 is 10.2 Å². The van der Waals surface area contributed by atoms with Crippen LogP contribution >= 0.6 is 0 Å². The molecular formula is C17H27NO2. The standard InChI is InChI=1S/C17H27NO2/c1-3-14-7-9-17(20,10-8-14)12-18-13(2)15-5-4-6-16(19)11-15/h4-6,11,13-14,18-20H,3,7-10,12H2,1-2H3. The lowest BCUT2D eigenvalue weighted by Crippen LogP contribution is -2.44. The van der Waals surface area contributed by atoms with Gasteiger partial charge in [0.2, 0.25) is 0 Å². The van der Waals surface area contributed by atoms with Crippen molar-refractivity contribution in [2.75, 3.05) is 6.54 Å². The zero-order valence-electron chi connectivity index (χ0n) is 12.6. The topological polar surface area (TPSA) is 52.5 Å². The smallest absolute Gasteiger partial charge is 0.115 e. The van der Waals surface area contributed by atoms with Crippen molar-refractivity contribution in [2.24, 2.45) is 5.92 Å². The van der Waals surface area contributed by atoms with Crippen LogP contribution in [0.25, 0.3) is 0 Å². The predicted molar refractivity (Wildman–Crippen MR) is 81.7 cm³/mol. The molecule has 0 aromatic heterocycles. The Labute approximate surface area is 122 Å². The maximum Gasteiger partial charge on any atom is 0.115 e. The van der Waals surface area contributed by atoms with E-state index in [1.807, 2.05) is 12.1 Å². The molecule has 2 rings (SSSR count).